The highest BCUT2D eigenvalue weighted by atomic mass is 16.5. The lowest BCUT2D eigenvalue weighted by Gasteiger charge is -2.03. The summed E-state index contributed by atoms with van der Waals surface area (Å²) in [5, 5.41) is 3.82. The maximum absolute atomic E-state index is 11.8. The van der Waals surface area contributed by atoms with Crippen LogP contribution in [0.25, 0.3) is 17.0 Å². The predicted molar refractivity (Wildman–Crippen MR) is 65.6 cm³/mol. The molecule has 0 fully saturated rings. The van der Waals surface area contributed by atoms with E-state index in [-0.39, 0.29) is 5.56 Å². The molecular formula is C12H10N4O2. The van der Waals surface area contributed by atoms with Crippen molar-refractivity contribution >= 4 is 5.78 Å². The highest BCUT2D eigenvalue weighted by Crippen LogP contribution is 2.19. The van der Waals surface area contributed by atoms with Crippen LogP contribution in [0.2, 0.25) is 0 Å². The fourth-order valence-corrected chi connectivity index (χ4v) is 1.76. The van der Waals surface area contributed by atoms with Crippen molar-refractivity contribution in [2.24, 2.45) is 0 Å². The van der Waals surface area contributed by atoms with Crippen molar-refractivity contribution in [1.29, 1.82) is 0 Å². The zero-order chi connectivity index (χ0) is 12.5. The minimum Gasteiger partial charge on any atom is -0.497 e. The van der Waals surface area contributed by atoms with Crippen LogP contribution in [-0.2, 0) is 0 Å². The second-order valence-electron chi connectivity index (χ2n) is 3.75. The average Bonchev–Trinajstić information content (AvgIpc) is 2.88. The molecule has 2 aromatic heterocycles. The SMILES string of the molecule is COc1ccc(-c2cc(=O)n3ncnc3[nH]2)cc1. The van der Waals surface area contributed by atoms with Crippen molar-refractivity contribution < 1.29 is 4.74 Å². The molecule has 2 heterocycles. The molecule has 0 bridgehead atoms. The van der Waals surface area contributed by atoms with E-state index in [4.69, 9.17) is 4.74 Å². The minimum atomic E-state index is -0.216. The third-order valence-electron chi connectivity index (χ3n) is 2.67. The summed E-state index contributed by atoms with van der Waals surface area (Å²) in [6.07, 6.45) is 1.34. The van der Waals surface area contributed by atoms with Crippen LogP contribution in [0.15, 0.2) is 41.5 Å². The van der Waals surface area contributed by atoms with Crippen molar-refractivity contribution in [3.8, 4) is 17.0 Å². The third kappa shape index (κ3) is 1.64. The van der Waals surface area contributed by atoms with E-state index in [1.54, 1.807) is 7.11 Å². The summed E-state index contributed by atoms with van der Waals surface area (Å²) >= 11 is 0. The minimum absolute atomic E-state index is 0.216. The number of benzene rings is 1. The Morgan fingerprint density at radius 3 is 2.78 bits per heavy atom. The van der Waals surface area contributed by atoms with Gasteiger partial charge in [-0.15, -0.1) is 0 Å². The Kier molecular flexibility index (Phi) is 2.33. The molecule has 0 unspecified atom stereocenters. The highest BCUT2D eigenvalue weighted by Gasteiger charge is 2.05. The summed E-state index contributed by atoms with van der Waals surface area (Å²) in [6.45, 7) is 0. The van der Waals surface area contributed by atoms with Gasteiger partial charge in [-0.2, -0.15) is 14.6 Å². The first kappa shape index (κ1) is 10.5. The van der Waals surface area contributed by atoms with Crippen molar-refractivity contribution in [3.05, 3.63) is 47.0 Å². The Labute approximate surface area is 102 Å². The van der Waals surface area contributed by atoms with Crippen molar-refractivity contribution in [2.75, 3.05) is 7.11 Å². The van der Waals surface area contributed by atoms with Crippen LogP contribution in [-0.4, -0.2) is 26.7 Å². The fourth-order valence-electron chi connectivity index (χ4n) is 1.76. The van der Waals surface area contributed by atoms with Gasteiger partial charge in [0.1, 0.15) is 12.1 Å². The Morgan fingerprint density at radius 1 is 1.28 bits per heavy atom. The molecular weight excluding hydrogens is 232 g/mol. The molecule has 6 nitrogen and oxygen atoms in total. The normalized spacial score (nSPS) is 10.7. The van der Waals surface area contributed by atoms with Gasteiger partial charge in [-0.3, -0.25) is 4.79 Å². The molecule has 0 spiro atoms. The zero-order valence-corrected chi connectivity index (χ0v) is 9.62. The lowest BCUT2D eigenvalue weighted by Crippen LogP contribution is -2.14. The average molecular weight is 242 g/mol. The van der Waals surface area contributed by atoms with Crippen LogP contribution in [0.3, 0.4) is 0 Å². The number of ether oxygens (including phenoxy) is 1. The molecule has 0 aliphatic rings. The highest BCUT2D eigenvalue weighted by molar-refractivity contribution is 5.61. The van der Waals surface area contributed by atoms with E-state index >= 15 is 0 Å². The number of nitrogens with zero attached hydrogens (tertiary/aromatic N) is 3. The lowest BCUT2D eigenvalue weighted by molar-refractivity contribution is 0.415. The monoisotopic (exact) mass is 242 g/mol. The van der Waals surface area contributed by atoms with Gasteiger partial charge in [0.15, 0.2) is 0 Å². The van der Waals surface area contributed by atoms with Crippen LogP contribution in [0.5, 0.6) is 5.75 Å². The van der Waals surface area contributed by atoms with Gasteiger partial charge in [-0.1, -0.05) is 0 Å². The second kappa shape index (κ2) is 3.99. The summed E-state index contributed by atoms with van der Waals surface area (Å²) < 4.78 is 6.30. The summed E-state index contributed by atoms with van der Waals surface area (Å²) in [4.78, 5) is 18.8. The lowest BCUT2D eigenvalue weighted by atomic mass is 10.1. The number of hydrogen-bond acceptors (Lipinski definition) is 4. The van der Waals surface area contributed by atoms with E-state index in [1.165, 1.54) is 16.9 Å². The summed E-state index contributed by atoms with van der Waals surface area (Å²) in [5.41, 5.74) is 1.37. The molecule has 0 atom stereocenters. The molecule has 0 aliphatic carbocycles. The number of hydrogen-bond donors (Lipinski definition) is 1. The smallest absolute Gasteiger partial charge is 0.276 e. The predicted octanol–water partition coefficient (Wildman–Crippen LogP) is 1.09. The summed E-state index contributed by atoms with van der Waals surface area (Å²) in [5.74, 6) is 1.19. The van der Waals surface area contributed by atoms with Crippen molar-refractivity contribution in [1.82, 2.24) is 19.6 Å². The standard InChI is InChI=1S/C12H10N4O2/c1-18-9-4-2-8(3-5-9)10-6-11(17)16-12(15-10)13-7-14-16/h2-7H,1H3,(H,13,14,15). The van der Waals surface area contributed by atoms with E-state index in [2.05, 4.69) is 15.1 Å². The van der Waals surface area contributed by atoms with E-state index in [9.17, 15) is 4.79 Å². The molecule has 0 saturated heterocycles. The molecule has 3 rings (SSSR count). The first-order chi connectivity index (χ1) is 8.78. The number of methoxy groups -OCH3 is 1. The van der Waals surface area contributed by atoms with E-state index in [0.717, 1.165) is 11.3 Å². The molecule has 0 saturated carbocycles. The second-order valence-corrected chi connectivity index (χ2v) is 3.75. The molecule has 0 radical (unpaired) electrons. The van der Waals surface area contributed by atoms with Gasteiger partial charge in [0, 0.05) is 6.07 Å². The van der Waals surface area contributed by atoms with Crippen LogP contribution >= 0.6 is 0 Å². The Balaban J connectivity index is 2.15. The maximum atomic E-state index is 11.8. The molecule has 0 aliphatic heterocycles. The van der Waals surface area contributed by atoms with Gasteiger partial charge >= 0.3 is 0 Å². The largest absolute Gasteiger partial charge is 0.497 e. The first-order valence-electron chi connectivity index (χ1n) is 5.35. The molecule has 6 heteroatoms. The van der Waals surface area contributed by atoms with Crippen molar-refractivity contribution in [2.45, 2.75) is 0 Å². The summed E-state index contributed by atoms with van der Waals surface area (Å²) in [7, 11) is 1.61. The number of aromatic nitrogens is 4. The molecule has 90 valence electrons. The molecule has 0 amide bonds. The molecule has 1 aromatic carbocycles. The van der Waals surface area contributed by atoms with Gasteiger partial charge in [0.25, 0.3) is 5.56 Å². The van der Waals surface area contributed by atoms with Crippen LogP contribution in [0, 0.1) is 0 Å². The molecule has 3 aromatic rings. The van der Waals surface area contributed by atoms with E-state index < -0.39 is 0 Å². The van der Waals surface area contributed by atoms with Crippen molar-refractivity contribution in [3.63, 3.8) is 0 Å². The first-order valence-corrected chi connectivity index (χ1v) is 5.35. The molecule has 1 N–H and O–H groups in total. The Bertz CT molecular complexity index is 743. The molecule has 18 heavy (non-hydrogen) atoms. The van der Waals surface area contributed by atoms with Gasteiger partial charge in [-0.25, -0.2) is 0 Å². The number of aromatic amines is 1. The van der Waals surface area contributed by atoms with Crippen LogP contribution < -0.4 is 10.3 Å². The van der Waals surface area contributed by atoms with Crippen LogP contribution in [0.1, 0.15) is 0 Å². The van der Waals surface area contributed by atoms with E-state index in [0.29, 0.717) is 11.5 Å². The third-order valence-corrected chi connectivity index (χ3v) is 2.67. The quantitative estimate of drug-likeness (QED) is 0.730. The topological polar surface area (TPSA) is 72.3 Å². The fraction of sp³-hybridized carbons (Fsp3) is 0.0833. The summed E-state index contributed by atoms with van der Waals surface area (Å²) in [6, 6.07) is 8.90. The van der Waals surface area contributed by atoms with Gasteiger partial charge in [-0.05, 0) is 29.8 Å². The van der Waals surface area contributed by atoms with Crippen LogP contribution in [0.4, 0.5) is 0 Å². The number of rotatable bonds is 2. The zero-order valence-electron chi connectivity index (χ0n) is 9.62. The van der Waals surface area contributed by atoms with Gasteiger partial charge in [0.2, 0.25) is 5.78 Å². The number of nitrogens with one attached hydrogen (secondary N) is 1. The number of H-pyrrole nitrogens is 1. The maximum Gasteiger partial charge on any atom is 0.276 e. The Hall–Kier alpha value is -2.63. The van der Waals surface area contributed by atoms with Gasteiger partial charge < -0.3 is 9.72 Å². The number of fused-ring (bicyclic) bond motifs is 1. The Morgan fingerprint density at radius 2 is 2.06 bits per heavy atom. The van der Waals surface area contributed by atoms with E-state index in [1.807, 2.05) is 24.3 Å². The van der Waals surface area contributed by atoms with Gasteiger partial charge in [0.05, 0.1) is 12.8 Å².